The summed E-state index contributed by atoms with van der Waals surface area (Å²) >= 11 is 0. The smallest absolute Gasteiger partial charge is 0.229 e. The molecule has 0 unspecified atom stereocenters. The van der Waals surface area contributed by atoms with Crippen molar-refractivity contribution >= 4 is 11.7 Å². The number of likely N-dealkylation sites (tertiary alicyclic amines) is 1. The fourth-order valence-corrected chi connectivity index (χ4v) is 4.25. The van der Waals surface area contributed by atoms with Gasteiger partial charge >= 0.3 is 0 Å². The average molecular weight is 301 g/mol. The maximum Gasteiger partial charge on any atom is 0.229 e. The third-order valence-electron chi connectivity index (χ3n) is 6.02. The summed E-state index contributed by atoms with van der Waals surface area (Å²) in [6.07, 6.45) is 8.14. The van der Waals surface area contributed by atoms with Crippen molar-refractivity contribution in [1.82, 2.24) is 4.90 Å². The van der Waals surface area contributed by atoms with E-state index < -0.39 is 0 Å². The fraction of sp³-hybridized carbons (Fsp3) is 0.684. The van der Waals surface area contributed by atoms with Crippen molar-refractivity contribution in [1.29, 1.82) is 0 Å². The van der Waals surface area contributed by atoms with E-state index in [0.717, 1.165) is 50.8 Å². The van der Waals surface area contributed by atoms with Crippen LogP contribution in [0.4, 0.5) is 0 Å². The quantitative estimate of drug-likeness (QED) is 0.780. The SMILES string of the molecule is CC1=C2C=C([C@H](C)C(=O)N3CCCC3)CC[C@@]2(C)CCC1=O. The van der Waals surface area contributed by atoms with E-state index in [-0.39, 0.29) is 23.0 Å². The van der Waals surface area contributed by atoms with Gasteiger partial charge in [0.25, 0.3) is 0 Å². The van der Waals surface area contributed by atoms with E-state index in [4.69, 9.17) is 0 Å². The highest BCUT2D eigenvalue weighted by molar-refractivity contribution is 5.97. The van der Waals surface area contributed by atoms with Crippen molar-refractivity contribution < 1.29 is 9.59 Å². The maximum atomic E-state index is 12.6. The number of allylic oxidation sites excluding steroid dienone is 3. The number of amides is 1. The molecule has 0 aromatic rings. The Kier molecular flexibility index (Phi) is 4.00. The fourth-order valence-electron chi connectivity index (χ4n) is 4.25. The molecule has 0 bridgehead atoms. The number of nitrogens with zero attached hydrogens (tertiary/aromatic N) is 1. The largest absolute Gasteiger partial charge is 0.342 e. The summed E-state index contributed by atoms with van der Waals surface area (Å²) in [6.45, 7) is 8.10. The number of carbonyl (C=O) groups excluding carboxylic acids is 2. The first kappa shape index (κ1) is 15.5. The summed E-state index contributed by atoms with van der Waals surface area (Å²) in [5.41, 5.74) is 3.48. The third-order valence-corrected chi connectivity index (χ3v) is 6.02. The van der Waals surface area contributed by atoms with Gasteiger partial charge in [-0.25, -0.2) is 0 Å². The Bertz CT molecular complexity index is 566. The minimum atomic E-state index is -0.0417. The van der Waals surface area contributed by atoms with Gasteiger partial charge in [0.05, 0.1) is 5.92 Å². The molecule has 1 saturated heterocycles. The topological polar surface area (TPSA) is 37.4 Å². The molecule has 0 N–H and O–H groups in total. The summed E-state index contributed by atoms with van der Waals surface area (Å²) < 4.78 is 0. The van der Waals surface area contributed by atoms with E-state index in [0.29, 0.717) is 6.42 Å². The minimum Gasteiger partial charge on any atom is -0.342 e. The van der Waals surface area contributed by atoms with Crippen LogP contribution in [0.1, 0.15) is 59.3 Å². The second-order valence-corrected chi connectivity index (χ2v) is 7.50. The lowest BCUT2D eigenvalue weighted by Gasteiger charge is -2.40. The van der Waals surface area contributed by atoms with Gasteiger partial charge in [-0.3, -0.25) is 9.59 Å². The molecule has 0 aromatic carbocycles. The van der Waals surface area contributed by atoms with Gasteiger partial charge in [0, 0.05) is 19.5 Å². The lowest BCUT2D eigenvalue weighted by atomic mass is 9.64. The van der Waals surface area contributed by atoms with Gasteiger partial charge in [-0.15, -0.1) is 0 Å². The zero-order valence-corrected chi connectivity index (χ0v) is 14.1. The molecular formula is C19H27NO2. The van der Waals surface area contributed by atoms with Crippen molar-refractivity contribution in [3.63, 3.8) is 0 Å². The molecule has 3 rings (SSSR count). The molecule has 3 heteroatoms. The molecule has 1 heterocycles. The molecule has 22 heavy (non-hydrogen) atoms. The van der Waals surface area contributed by atoms with Crippen molar-refractivity contribution in [2.24, 2.45) is 11.3 Å². The van der Waals surface area contributed by atoms with Crippen LogP contribution >= 0.6 is 0 Å². The molecule has 0 saturated carbocycles. The average Bonchev–Trinajstić information content (AvgIpc) is 3.04. The Morgan fingerprint density at radius 2 is 1.86 bits per heavy atom. The number of fused-ring (bicyclic) bond motifs is 1. The normalized spacial score (nSPS) is 30.2. The summed E-state index contributed by atoms with van der Waals surface area (Å²) in [6, 6.07) is 0. The van der Waals surface area contributed by atoms with E-state index in [1.165, 1.54) is 11.1 Å². The molecule has 120 valence electrons. The molecule has 3 nitrogen and oxygen atoms in total. The molecule has 0 radical (unpaired) electrons. The van der Waals surface area contributed by atoms with Crippen LogP contribution in [-0.4, -0.2) is 29.7 Å². The van der Waals surface area contributed by atoms with Gasteiger partial charge < -0.3 is 4.90 Å². The molecule has 2 atom stereocenters. The molecule has 1 amide bonds. The van der Waals surface area contributed by atoms with E-state index in [1.807, 2.05) is 18.7 Å². The van der Waals surface area contributed by atoms with E-state index in [9.17, 15) is 9.59 Å². The van der Waals surface area contributed by atoms with Crippen LogP contribution in [0.2, 0.25) is 0 Å². The highest BCUT2D eigenvalue weighted by atomic mass is 16.2. The first-order chi connectivity index (χ1) is 10.4. The Morgan fingerprint density at radius 1 is 1.23 bits per heavy atom. The molecule has 0 spiro atoms. The van der Waals surface area contributed by atoms with Gasteiger partial charge in [0.2, 0.25) is 5.91 Å². The summed E-state index contributed by atoms with van der Waals surface area (Å²) in [7, 11) is 0. The second-order valence-electron chi connectivity index (χ2n) is 7.50. The Labute approximate surface area is 133 Å². The standard InChI is InChI=1S/C19H27NO2/c1-13(18(22)20-10-4-5-11-20)15-6-8-19(3)9-7-17(21)14(2)16(19)12-15/h12-13H,4-11H2,1-3H3/t13-,19-/m0/s1. The van der Waals surface area contributed by atoms with Crippen molar-refractivity contribution in [3.8, 4) is 0 Å². The van der Waals surface area contributed by atoms with Crippen LogP contribution in [0.3, 0.4) is 0 Å². The first-order valence-electron chi connectivity index (χ1n) is 8.66. The van der Waals surface area contributed by atoms with Crippen LogP contribution in [0.25, 0.3) is 0 Å². The second kappa shape index (κ2) is 5.68. The third kappa shape index (κ3) is 2.55. The Morgan fingerprint density at radius 3 is 2.55 bits per heavy atom. The van der Waals surface area contributed by atoms with Crippen molar-refractivity contribution in [2.45, 2.75) is 59.3 Å². The predicted molar refractivity (Wildman–Crippen MR) is 87.3 cm³/mol. The number of hydrogen-bond acceptors (Lipinski definition) is 2. The maximum absolute atomic E-state index is 12.6. The zero-order valence-electron chi connectivity index (χ0n) is 14.1. The highest BCUT2D eigenvalue weighted by Gasteiger charge is 2.39. The Balaban J connectivity index is 1.87. The molecule has 2 aliphatic carbocycles. The van der Waals surface area contributed by atoms with Gasteiger partial charge in [-0.1, -0.05) is 18.6 Å². The number of rotatable bonds is 2. The molecule has 1 aliphatic heterocycles. The van der Waals surface area contributed by atoms with Crippen LogP contribution in [0.15, 0.2) is 22.8 Å². The van der Waals surface area contributed by atoms with Crippen molar-refractivity contribution in [3.05, 3.63) is 22.8 Å². The number of Topliss-reactive ketones (excluding diaryl/α,β-unsaturated/α-hetero) is 1. The van der Waals surface area contributed by atoms with Crippen LogP contribution in [-0.2, 0) is 9.59 Å². The number of ketones is 1. The summed E-state index contributed by atoms with van der Waals surface area (Å²) in [5.74, 6) is 0.510. The van der Waals surface area contributed by atoms with Crippen molar-refractivity contribution in [2.75, 3.05) is 13.1 Å². The molecule has 3 aliphatic rings. The van der Waals surface area contributed by atoms with Crippen LogP contribution in [0, 0.1) is 11.3 Å². The Hall–Kier alpha value is -1.38. The molecular weight excluding hydrogens is 274 g/mol. The number of hydrogen-bond donors (Lipinski definition) is 0. The monoisotopic (exact) mass is 301 g/mol. The zero-order chi connectivity index (χ0) is 15.9. The van der Waals surface area contributed by atoms with Crippen LogP contribution < -0.4 is 0 Å². The summed E-state index contributed by atoms with van der Waals surface area (Å²) in [5, 5.41) is 0. The highest BCUT2D eigenvalue weighted by Crippen LogP contribution is 2.48. The predicted octanol–water partition coefficient (Wildman–Crippen LogP) is 3.65. The summed E-state index contributed by atoms with van der Waals surface area (Å²) in [4.78, 5) is 26.7. The van der Waals surface area contributed by atoms with Gasteiger partial charge in [-0.05, 0) is 62.5 Å². The molecule has 0 aromatic heterocycles. The van der Waals surface area contributed by atoms with Gasteiger partial charge in [-0.2, -0.15) is 0 Å². The lowest BCUT2D eigenvalue weighted by Crippen LogP contribution is -2.35. The molecule has 1 fully saturated rings. The minimum absolute atomic E-state index is 0.0417. The van der Waals surface area contributed by atoms with E-state index in [1.54, 1.807) is 0 Å². The first-order valence-corrected chi connectivity index (χ1v) is 8.66. The van der Waals surface area contributed by atoms with Gasteiger partial charge in [0.15, 0.2) is 5.78 Å². The van der Waals surface area contributed by atoms with E-state index in [2.05, 4.69) is 13.0 Å². The van der Waals surface area contributed by atoms with Crippen LogP contribution in [0.5, 0.6) is 0 Å². The van der Waals surface area contributed by atoms with E-state index >= 15 is 0 Å². The van der Waals surface area contributed by atoms with Gasteiger partial charge in [0.1, 0.15) is 0 Å². The lowest BCUT2D eigenvalue weighted by molar-refractivity contribution is -0.132. The number of carbonyl (C=O) groups is 2.